The molecule has 3 aromatic rings. The molecule has 2 aromatic carbocycles. The summed E-state index contributed by atoms with van der Waals surface area (Å²) in [5.74, 6) is -0.894. The van der Waals surface area contributed by atoms with Crippen LogP contribution in [0.2, 0.25) is 0 Å². The molecule has 1 aliphatic heterocycles. The second-order valence-electron chi connectivity index (χ2n) is 7.41. The number of carbonyl (C=O) groups is 3. The van der Waals surface area contributed by atoms with Crippen molar-refractivity contribution in [2.75, 3.05) is 6.54 Å². The second kappa shape index (κ2) is 7.94. The maximum atomic E-state index is 12.5. The zero-order chi connectivity index (χ0) is 21.3. The quantitative estimate of drug-likeness (QED) is 0.643. The van der Waals surface area contributed by atoms with Crippen molar-refractivity contribution >= 4 is 17.7 Å². The molecular formula is C23H22N4O3. The fourth-order valence-corrected chi connectivity index (χ4v) is 3.56. The molecule has 0 radical (unpaired) electrons. The fourth-order valence-electron chi connectivity index (χ4n) is 3.56. The van der Waals surface area contributed by atoms with Gasteiger partial charge < -0.3 is 9.88 Å². The average Bonchev–Trinajstić information content (AvgIpc) is 3.35. The fraction of sp³-hybridized carbons (Fsp3) is 0.217. The van der Waals surface area contributed by atoms with E-state index in [0.29, 0.717) is 11.1 Å². The second-order valence-corrected chi connectivity index (χ2v) is 7.41. The van der Waals surface area contributed by atoms with Crippen LogP contribution in [0.3, 0.4) is 0 Å². The van der Waals surface area contributed by atoms with Crippen molar-refractivity contribution in [1.29, 1.82) is 0 Å². The summed E-state index contributed by atoms with van der Waals surface area (Å²) in [6.45, 7) is 3.83. The Kier molecular flexibility index (Phi) is 5.18. The van der Waals surface area contributed by atoms with Crippen molar-refractivity contribution in [2.45, 2.75) is 26.3 Å². The average molecular weight is 402 g/mol. The molecule has 30 heavy (non-hydrogen) atoms. The smallest absolute Gasteiger partial charge is 0.261 e. The lowest BCUT2D eigenvalue weighted by molar-refractivity contribution is -0.121. The standard InChI is InChI=1S/C23H22N4O3/c1-15-3-8-19-20(13-15)23(30)27(22(19)29)11-9-21(28)25-16(2)17-4-6-18(7-5-17)26-12-10-24-14-26/h3-8,10,12-14,16H,9,11H2,1-2H3,(H,25,28). The van der Waals surface area contributed by atoms with Gasteiger partial charge in [-0.25, -0.2) is 4.98 Å². The van der Waals surface area contributed by atoms with Crippen molar-refractivity contribution < 1.29 is 14.4 Å². The maximum Gasteiger partial charge on any atom is 0.261 e. The van der Waals surface area contributed by atoms with Gasteiger partial charge >= 0.3 is 0 Å². The zero-order valence-corrected chi connectivity index (χ0v) is 16.8. The van der Waals surface area contributed by atoms with Crippen LogP contribution in [0, 0.1) is 6.92 Å². The molecule has 1 N–H and O–H groups in total. The number of imidazole rings is 1. The van der Waals surface area contributed by atoms with E-state index in [9.17, 15) is 14.4 Å². The zero-order valence-electron chi connectivity index (χ0n) is 16.8. The minimum absolute atomic E-state index is 0.0575. The number of carbonyl (C=O) groups excluding carboxylic acids is 3. The molecule has 0 saturated heterocycles. The van der Waals surface area contributed by atoms with Crippen LogP contribution in [0.5, 0.6) is 0 Å². The lowest BCUT2D eigenvalue weighted by Gasteiger charge is -2.17. The number of rotatable bonds is 6. The van der Waals surface area contributed by atoms with Crippen molar-refractivity contribution in [1.82, 2.24) is 19.8 Å². The Balaban J connectivity index is 1.34. The van der Waals surface area contributed by atoms with Crippen LogP contribution < -0.4 is 5.32 Å². The number of nitrogens with one attached hydrogen (secondary N) is 1. The highest BCUT2D eigenvalue weighted by atomic mass is 16.2. The highest BCUT2D eigenvalue weighted by Gasteiger charge is 2.35. The van der Waals surface area contributed by atoms with Gasteiger partial charge in [-0.15, -0.1) is 0 Å². The molecule has 0 fully saturated rings. The molecule has 0 aliphatic carbocycles. The predicted molar refractivity (Wildman–Crippen MR) is 111 cm³/mol. The first-order valence-corrected chi connectivity index (χ1v) is 9.78. The minimum atomic E-state index is -0.342. The topological polar surface area (TPSA) is 84.3 Å². The van der Waals surface area contributed by atoms with E-state index < -0.39 is 0 Å². The van der Waals surface area contributed by atoms with Gasteiger partial charge in [-0.05, 0) is 43.7 Å². The largest absolute Gasteiger partial charge is 0.350 e. The molecule has 2 heterocycles. The monoisotopic (exact) mass is 402 g/mol. The van der Waals surface area contributed by atoms with Gasteiger partial charge in [0.05, 0.1) is 23.5 Å². The highest BCUT2D eigenvalue weighted by Crippen LogP contribution is 2.24. The van der Waals surface area contributed by atoms with Gasteiger partial charge in [0.1, 0.15) is 0 Å². The summed E-state index contributed by atoms with van der Waals surface area (Å²) in [6.07, 6.45) is 5.36. The molecule has 1 aliphatic rings. The Morgan fingerprint density at radius 3 is 2.50 bits per heavy atom. The minimum Gasteiger partial charge on any atom is -0.350 e. The van der Waals surface area contributed by atoms with Crippen molar-refractivity contribution in [3.8, 4) is 5.69 Å². The number of benzene rings is 2. The summed E-state index contributed by atoms with van der Waals surface area (Å²) >= 11 is 0. The Morgan fingerprint density at radius 2 is 1.80 bits per heavy atom. The number of aryl methyl sites for hydroxylation is 1. The van der Waals surface area contributed by atoms with Crippen LogP contribution >= 0.6 is 0 Å². The van der Waals surface area contributed by atoms with E-state index >= 15 is 0 Å². The van der Waals surface area contributed by atoms with Crippen LogP contribution in [0.4, 0.5) is 0 Å². The molecule has 1 atom stereocenters. The number of amides is 3. The Morgan fingerprint density at radius 1 is 1.07 bits per heavy atom. The SMILES string of the molecule is Cc1ccc2c(c1)C(=O)N(CCC(=O)NC(C)c1ccc(-n3ccnc3)cc1)C2=O. The molecule has 152 valence electrons. The molecule has 0 spiro atoms. The number of nitrogens with zero attached hydrogens (tertiary/aromatic N) is 3. The van der Waals surface area contributed by atoms with Gasteiger partial charge in [0.15, 0.2) is 0 Å². The Labute approximate surface area is 174 Å². The number of hydrogen-bond acceptors (Lipinski definition) is 4. The van der Waals surface area contributed by atoms with Gasteiger partial charge in [-0.1, -0.05) is 23.8 Å². The van der Waals surface area contributed by atoms with Crippen molar-refractivity contribution in [2.24, 2.45) is 0 Å². The summed E-state index contributed by atoms with van der Waals surface area (Å²) in [5, 5.41) is 2.93. The molecule has 3 amide bonds. The summed E-state index contributed by atoms with van der Waals surface area (Å²) in [5.41, 5.74) is 3.67. The van der Waals surface area contributed by atoms with Crippen LogP contribution in [-0.2, 0) is 4.79 Å². The molecule has 1 aromatic heterocycles. The number of aromatic nitrogens is 2. The van der Waals surface area contributed by atoms with E-state index in [1.54, 1.807) is 30.7 Å². The normalized spacial score (nSPS) is 14.0. The first-order chi connectivity index (χ1) is 14.4. The van der Waals surface area contributed by atoms with Crippen LogP contribution in [0.25, 0.3) is 5.69 Å². The lowest BCUT2D eigenvalue weighted by atomic mass is 10.1. The summed E-state index contributed by atoms with van der Waals surface area (Å²) in [4.78, 5) is 42.6. The maximum absolute atomic E-state index is 12.5. The number of hydrogen-bond donors (Lipinski definition) is 1. The van der Waals surface area contributed by atoms with E-state index in [1.807, 2.05) is 48.9 Å². The molecule has 0 bridgehead atoms. The van der Waals surface area contributed by atoms with Gasteiger partial charge in [-0.3, -0.25) is 19.3 Å². The van der Waals surface area contributed by atoms with Crippen LogP contribution in [-0.4, -0.2) is 38.7 Å². The van der Waals surface area contributed by atoms with E-state index in [1.165, 1.54) is 0 Å². The molecule has 7 nitrogen and oxygen atoms in total. The van der Waals surface area contributed by atoms with E-state index in [0.717, 1.165) is 21.7 Å². The third kappa shape index (κ3) is 3.74. The van der Waals surface area contributed by atoms with E-state index in [-0.39, 0.29) is 36.7 Å². The first kappa shape index (κ1) is 19.6. The Hall–Kier alpha value is -3.74. The third-order valence-electron chi connectivity index (χ3n) is 5.26. The number of fused-ring (bicyclic) bond motifs is 1. The van der Waals surface area contributed by atoms with Gasteiger partial charge in [0, 0.05) is 31.0 Å². The van der Waals surface area contributed by atoms with Gasteiger partial charge in [0.25, 0.3) is 11.8 Å². The van der Waals surface area contributed by atoms with E-state index in [2.05, 4.69) is 10.3 Å². The molecule has 7 heteroatoms. The number of imide groups is 1. The Bertz CT molecular complexity index is 1100. The van der Waals surface area contributed by atoms with Crippen molar-refractivity contribution in [3.63, 3.8) is 0 Å². The van der Waals surface area contributed by atoms with E-state index in [4.69, 9.17) is 0 Å². The van der Waals surface area contributed by atoms with Gasteiger partial charge in [0.2, 0.25) is 5.91 Å². The lowest BCUT2D eigenvalue weighted by Crippen LogP contribution is -2.35. The summed E-state index contributed by atoms with van der Waals surface area (Å²) in [6, 6.07) is 12.8. The molecule has 0 saturated carbocycles. The van der Waals surface area contributed by atoms with Crippen LogP contribution in [0.15, 0.2) is 61.2 Å². The summed E-state index contributed by atoms with van der Waals surface area (Å²) in [7, 11) is 0. The third-order valence-corrected chi connectivity index (χ3v) is 5.26. The predicted octanol–water partition coefficient (Wildman–Crippen LogP) is 3.04. The highest BCUT2D eigenvalue weighted by molar-refractivity contribution is 6.21. The molecule has 4 rings (SSSR count). The van der Waals surface area contributed by atoms with Crippen LogP contribution in [0.1, 0.15) is 51.2 Å². The van der Waals surface area contributed by atoms with Gasteiger partial charge in [-0.2, -0.15) is 0 Å². The first-order valence-electron chi connectivity index (χ1n) is 9.78. The molecular weight excluding hydrogens is 380 g/mol. The van der Waals surface area contributed by atoms with Crippen molar-refractivity contribution in [3.05, 3.63) is 83.4 Å². The molecule has 1 unspecified atom stereocenters. The summed E-state index contributed by atoms with van der Waals surface area (Å²) < 4.78 is 1.90.